The SMILES string of the molecule is CSc1nc2ccc(NCc3occc3Br)cc2s1. The zero-order chi connectivity index (χ0) is 13.2. The summed E-state index contributed by atoms with van der Waals surface area (Å²) >= 11 is 6.84. The van der Waals surface area contributed by atoms with Gasteiger partial charge in [-0.25, -0.2) is 4.98 Å². The van der Waals surface area contributed by atoms with Crippen molar-refractivity contribution in [3.63, 3.8) is 0 Å². The van der Waals surface area contributed by atoms with Crippen LogP contribution in [0.25, 0.3) is 10.2 Å². The maximum atomic E-state index is 5.37. The summed E-state index contributed by atoms with van der Waals surface area (Å²) in [5, 5.41) is 3.36. The predicted molar refractivity (Wildman–Crippen MR) is 85.1 cm³/mol. The van der Waals surface area contributed by atoms with E-state index in [0.717, 1.165) is 25.8 Å². The second kappa shape index (κ2) is 5.56. The Hall–Kier alpha value is -0.980. The second-order valence-electron chi connectivity index (χ2n) is 3.91. The molecule has 0 spiro atoms. The molecule has 1 N–H and O–H groups in total. The van der Waals surface area contributed by atoms with Crippen molar-refractivity contribution in [3.8, 4) is 0 Å². The third-order valence-corrected chi connectivity index (χ3v) is 5.40. The van der Waals surface area contributed by atoms with Crippen molar-refractivity contribution in [2.24, 2.45) is 0 Å². The standard InChI is InChI=1S/C13H11BrN2OS2/c1-18-13-16-10-3-2-8(6-12(10)19-13)15-7-11-9(14)4-5-17-11/h2-6,15H,7H2,1H3. The molecule has 0 fully saturated rings. The molecule has 0 saturated heterocycles. The molecule has 2 aromatic heterocycles. The second-order valence-corrected chi connectivity index (χ2v) is 6.85. The van der Waals surface area contributed by atoms with Crippen LogP contribution in [0.3, 0.4) is 0 Å². The van der Waals surface area contributed by atoms with Crippen LogP contribution in [0.15, 0.2) is 43.8 Å². The number of rotatable bonds is 4. The minimum atomic E-state index is 0.660. The number of nitrogens with zero attached hydrogens (tertiary/aromatic N) is 1. The number of anilines is 1. The maximum Gasteiger partial charge on any atom is 0.150 e. The van der Waals surface area contributed by atoms with Crippen molar-refractivity contribution in [1.82, 2.24) is 4.98 Å². The highest BCUT2D eigenvalue weighted by Crippen LogP contribution is 2.30. The van der Waals surface area contributed by atoms with Crippen LogP contribution in [-0.4, -0.2) is 11.2 Å². The zero-order valence-corrected chi connectivity index (χ0v) is 13.4. The van der Waals surface area contributed by atoms with Crippen LogP contribution in [0.2, 0.25) is 0 Å². The molecule has 0 radical (unpaired) electrons. The van der Waals surface area contributed by atoms with E-state index in [9.17, 15) is 0 Å². The summed E-state index contributed by atoms with van der Waals surface area (Å²) in [4.78, 5) is 4.52. The molecule has 19 heavy (non-hydrogen) atoms. The van der Waals surface area contributed by atoms with Crippen LogP contribution in [0.5, 0.6) is 0 Å². The Labute approximate surface area is 127 Å². The van der Waals surface area contributed by atoms with Gasteiger partial charge in [-0.3, -0.25) is 0 Å². The van der Waals surface area contributed by atoms with Gasteiger partial charge in [0.2, 0.25) is 0 Å². The highest BCUT2D eigenvalue weighted by Gasteiger charge is 2.06. The Morgan fingerprint density at radius 2 is 2.32 bits per heavy atom. The Morgan fingerprint density at radius 1 is 1.42 bits per heavy atom. The minimum Gasteiger partial charge on any atom is -0.466 e. The van der Waals surface area contributed by atoms with Gasteiger partial charge in [0.25, 0.3) is 0 Å². The van der Waals surface area contributed by atoms with Gasteiger partial charge in [0.05, 0.1) is 27.5 Å². The normalized spacial score (nSPS) is 11.1. The molecule has 98 valence electrons. The first-order valence-corrected chi connectivity index (χ1v) is 8.50. The van der Waals surface area contributed by atoms with E-state index in [1.807, 2.05) is 24.5 Å². The number of aromatic nitrogens is 1. The van der Waals surface area contributed by atoms with Gasteiger partial charge in [-0.1, -0.05) is 11.8 Å². The van der Waals surface area contributed by atoms with Gasteiger partial charge in [-0.05, 0) is 46.5 Å². The topological polar surface area (TPSA) is 38.1 Å². The molecular weight excluding hydrogens is 344 g/mol. The first kappa shape index (κ1) is 13.0. The molecule has 0 aliphatic heterocycles. The van der Waals surface area contributed by atoms with Crippen molar-refractivity contribution < 1.29 is 4.42 Å². The van der Waals surface area contributed by atoms with Gasteiger partial charge >= 0.3 is 0 Å². The summed E-state index contributed by atoms with van der Waals surface area (Å²) in [5.74, 6) is 0.897. The lowest BCUT2D eigenvalue weighted by Crippen LogP contribution is -1.98. The molecule has 2 heterocycles. The largest absolute Gasteiger partial charge is 0.466 e. The van der Waals surface area contributed by atoms with Crippen LogP contribution in [0.1, 0.15) is 5.76 Å². The van der Waals surface area contributed by atoms with Gasteiger partial charge in [0.15, 0.2) is 4.34 Å². The van der Waals surface area contributed by atoms with E-state index in [1.165, 1.54) is 4.70 Å². The quantitative estimate of drug-likeness (QED) is 0.670. The van der Waals surface area contributed by atoms with Crippen LogP contribution in [-0.2, 0) is 6.54 Å². The summed E-state index contributed by atoms with van der Waals surface area (Å²) in [6.07, 6.45) is 3.73. The molecular formula is C13H11BrN2OS2. The molecule has 0 bridgehead atoms. The first-order valence-electron chi connectivity index (χ1n) is 5.66. The number of furan rings is 1. The number of hydrogen-bond donors (Lipinski definition) is 1. The van der Waals surface area contributed by atoms with Crippen LogP contribution in [0, 0.1) is 0 Å². The fourth-order valence-electron chi connectivity index (χ4n) is 1.73. The molecule has 0 unspecified atom stereocenters. The third-order valence-electron chi connectivity index (χ3n) is 2.69. The fraction of sp³-hybridized carbons (Fsp3) is 0.154. The van der Waals surface area contributed by atoms with Gasteiger partial charge in [-0.15, -0.1) is 11.3 Å². The van der Waals surface area contributed by atoms with Crippen LogP contribution in [0.4, 0.5) is 5.69 Å². The zero-order valence-electron chi connectivity index (χ0n) is 10.1. The Balaban J connectivity index is 1.79. The monoisotopic (exact) mass is 354 g/mol. The minimum absolute atomic E-state index is 0.660. The number of fused-ring (bicyclic) bond motifs is 1. The van der Waals surface area contributed by atoms with Crippen LogP contribution >= 0.6 is 39.0 Å². The average molecular weight is 355 g/mol. The molecule has 0 aliphatic rings. The number of hydrogen-bond acceptors (Lipinski definition) is 5. The number of thiazole rings is 1. The van der Waals surface area contributed by atoms with E-state index >= 15 is 0 Å². The van der Waals surface area contributed by atoms with E-state index in [4.69, 9.17) is 4.42 Å². The lowest BCUT2D eigenvalue weighted by molar-refractivity contribution is 0.516. The van der Waals surface area contributed by atoms with Crippen molar-refractivity contribution in [2.45, 2.75) is 10.9 Å². The molecule has 3 rings (SSSR count). The highest BCUT2D eigenvalue weighted by molar-refractivity contribution is 9.10. The van der Waals surface area contributed by atoms with E-state index in [-0.39, 0.29) is 0 Å². The van der Waals surface area contributed by atoms with Crippen molar-refractivity contribution in [2.75, 3.05) is 11.6 Å². The van der Waals surface area contributed by atoms with Crippen LogP contribution < -0.4 is 5.32 Å². The summed E-state index contributed by atoms with van der Waals surface area (Å²) in [7, 11) is 0. The smallest absolute Gasteiger partial charge is 0.150 e. The number of halogens is 1. The summed E-state index contributed by atoms with van der Waals surface area (Å²) in [6, 6.07) is 8.12. The average Bonchev–Trinajstić information content (AvgIpc) is 3.01. The lowest BCUT2D eigenvalue weighted by atomic mass is 10.3. The van der Waals surface area contributed by atoms with Crippen molar-refractivity contribution in [1.29, 1.82) is 0 Å². The Morgan fingerprint density at radius 3 is 3.05 bits per heavy atom. The predicted octanol–water partition coefficient (Wildman–Crippen LogP) is 4.99. The molecule has 3 aromatic rings. The third kappa shape index (κ3) is 2.80. The molecule has 0 amide bonds. The number of benzene rings is 1. The Kier molecular flexibility index (Phi) is 3.81. The molecule has 0 aliphatic carbocycles. The van der Waals surface area contributed by atoms with E-state index in [1.54, 1.807) is 29.4 Å². The molecule has 1 aromatic carbocycles. The highest BCUT2D eigenvalue weighted by atomic mass is 79.9. The summed E-state index contributed by atoms with van der Waals surface area (Å²) < 4.78 is 8.66. The fourth-order valence-corrected chi connectivity index (χ4v) is 3.60. The summed E-state index contributed by atoms with van der Waals surface area (Å²) in [5.41, 5.74) is 2.13. The molecule has 0 atom stereocenters. The number of nitrogens with one attached hydrogen (secondary N) is 1. The van der Waals surface area contributed by atoms with E-state index in [2.05, 4.69) is 32.3 Å². The first-order chi connectivity index (χ1) is 9.26. The lowest BCUT2D eigenvalue weighted by Gasteiger charge is -2.04. The van der Waals surface area contributed by atoms with E-state index in [0.29, 0.717) is 6.54 Å². The molecule has 3 nitrogen and oxygen atoms in total. The summed E-state index contributed by atoms with van der Waals surface area (Å²) in [6.45, 7) is 0.660. The van der Waals surface area contributed by atoms with Gasteiger partial charge in [0, 0.05) is 5.69 Å². The van der Waals surface area contributed by atoms with Crippen molar-refractivity contribution >= 4 is 54.9 Å². The molecule has 0 saturated carbocycles. The Bertz CT molecular complexity index is 708. The van der Waals surface area contributed by atoms with Gasteiger partial charge < -0.3 is 9.73 Å². The van der Waals surface area contributed by atoms with Gasteiger partial charge in [-0.2, -0.15) is 0 Å². The molecule has 6 heteroatoms. The van der Waals surface area contributed by atoms with Crippen molar-refractivity contribution in [3.05, 3.63) is 40.8 Å². The maximum absolute atomic E-state index is 5.37. The number of thioether (sulfide) groups is 1. The van der Waals surface area contributed by atoms with Gasteiger partial charge in [0.1, 0.15) is 5.76 Å². The van der Waals surface area contributed by atoms with E-state index < -0.39 is 0 Å².